The molecule has 0 unspecified atom stereocenters. The Morgan fingerprint density at radius 1 is 1.00 bits per heavy atom. The zero-order valence-corrected chi connectivity index (χ0v) is 17.0. The minimum atomic E-state index is 0. The van der Waals surface area contributed by atoms with Crippen molar-refractivity contribution in [2.75, 3.05) is 11.9 Å². The monoisotopic (exact) mass is 376 g/mol. The Bertz CT molecular complexity index is 730. The van der Waals surface area contributed by atoms with Gasteiger partial charge in [-0.3, -0.25) is 0 Å². The van der Waals surface area contributed by atoms with Gasteiger partial charge in [0.15, 0.2) is 5.82 Å². The first-order chi connectivity index (χ1) is 11.7. The number of hydrogen-bond donors (Lipinski definition) is 2. The van der Waals surface area contributed by atoms with Crippen LogP contribution in [0.25, 0.3) is 11.3 Å². The topological polar surface area (TPSA) is 61.3 Å². The van der Waals surface area contributed by atoms with Crippen molar-refractivity contribution in [2.45, 2.75) is 57.7 Å². The summed E-state index contributed by atoms with van der Waals surface area (Å²) in [6.07, 6.45) is 2.10. The highest BCUT2D eigenvalue weighted by atomic mass is 35.5. The molecule has 26 heavy (non-hydrogen) atoms. The second-order valence-corrected chi connectivity index (χ2v) is 8.36. The first-order valence-electron chi connectivity index (χ1n) is 8.81. The van der Waals surface area contributed by atoms with Crippen LogP contribution in [-0.4, -0.2) is 39.5 Å². The Balaban J connectivity index is 0.00000243. The molecule has 0 amide bonds. The average Bonchev–Trinajstić information content (AvgIpc) is 2.52. The molecule has 1 aromatic heterocycles. The molecule has 2 aromatic rings. The van der Waals surface area contributed by atoms with Gasteiger partial charge in [0.25, 0.3) is 0 Å². The van der Waals surface area contributed by atoms with Crippen molar-refractivity contribution in [1.29, 1.82) is 0 Å². The summed E-state index contributed by atoms with van der Waals surface area (Å²) in [5, 5.41) is 22.4. The first kappa shape index (κ1) is 20.5. The predicted molar refractivity (Wildman–Crippen MR) is 109 cm³/mol. The van der Waals surface area contributed by atoms with Crippen molar-refractivity contribution in [1.82, 2.24) is 15.5 Å². The van der Waals surface area contributed by atoms with Crippen molar-refractivity contribution in [3.8, 4) is 17.0 Å². The van der Waals surface area contributed by atoms with E-state index in [-0.39, 0.29) is 29.2 Å². The molecule has 142 valence electrons. The van der Waals surface area contributed by atoms with E-state index in [0.717, 1.165) is 18.7 Å². The summed E-state index contributed by atoms with van der Waals surface area (Å²) in [7, 11) is 2.09. The summed E-state index contributed by atoms with van der Waals surface area (Å²) in [6, 6.07) is 11.5. The van der Waals surface area contributed by atoms with E-state index in [1.165, 1.54) is 0 Å². The lowest BCUT2D eigenvalue weighted by Crippen LogP contribution is -2.62. The maximum Gasteiger partial charge on any atom is 0.151 e. The fourth-order valence-corrected chi connectivity index (χ4v) is 4.08. The highest BCUT2D eigenvalue weighted by Gasteiger charge is 2.39. The second-order valence-electron chi connectivity index (χ2n) is 8.36. The standard InChI is InChI=1S/C20H28N4O.ClH/c1-19(2)12-14(13-20(3,4)23-19)24(5)18-11-10-16(21-22-18)15-8-6-7-9-17(15)25;/h6-11,14,23,25H,12-13H2,1-5H3;1H. The number of rotatable bonds is 3. The van der Waals surface area contributed by atoms with Crippen LogP contribution in [0.1, 0.15) is 40.5 Å². The van der Waals surface area contributed by atoms with Gasteiger partial charge in [0, 0.05) is 29.7 Å². The number of hydrogen-bond acceptors (Lipinski definition) is 5. The van der Waals surface area contributed by atoms with Crippen molar-refractivity contribution < 1.29 is 5.11 Å². The second kappa shape index (κ2) is 7.41. The minimum absolute atomic E-state index is 0. The van der Waals surface area contributed by atoms with Gasteiger partial charge in [0.2, 0.25) is 0 Å². The molecule has 0 radical (unpaired) electrons. The Labute approximate surface area is 162 Å². The molecule has 1 saturated heterocycles. The van der Waals surface area contributed by atoms with Crippen LogP contribution < -0.4 is 10.2 Å². The number of nitrogens with zero attached hydrogens (tertiary/aromatic N) is 3. The number of phenols is 1. The summed E-state index contributed by atoms with van der Waals surface area (Å²) in [5.41, 5.74) is 1.56. The van der Waals surface area contributed by atoms with Gasteiger partial charge in [0.1, 0.15) is 5.75 Å². The molecule has 1 aliphatic rings. The van der Waals surface area contributed by atoms with Crippen LogP contribution >= 0.6 is 12.4 Å². The smallest absolute Gasteiger partial charge is 0.151 e. The van der Waals surface area contributed by atoms with E-state index in [1.807, 2.05) is 24.3 Å². The van der Waals surface area contributed by atoms with Crippen LogP contribution in [0.3, 0.4) is 0 Å². The third-order valence-electron chi connectivity index (χ3n) is 4.91. The fourth-order valence-electron chi connectivity index (χ4n) is 4.08. The fraction of sp³-hybridized carbons (Fsp3) is 0.500. The first-order valence-corrected chi connectivity index (χ1v) is 8.81. The lowest BCUT2D eigenvalue weighted by Gasteiger charge is -2.49. The molecule has 1 aliphatic heterocycles. The predicted octanol–water partition coefficient (Wildman–Crippen LogP) is 4.02. The average molecular weight is 377 g/mol. The van der Waals surface area contributed by atoms with Gasteiger partial charge in [-0.1, -0.05) is 12.1 Å². The quantitative estimate of drug-likeness (QED) is 0.847. The molecule has 6 heteroatoms. The van der Waals surface area contributed by atoms with Gasteiger partial charge in [-0.05, 0) is 64.8 Å². The molecule has 0 bridgehead atoms. The summed E-state index contributed by atoms with van der Waals surface area (Å²) >= 11 is 0. The molecule has 5 nitrogen and oxygen atoms in total. The van der Waals surface area contributed by atoms with E-state index in [1.54, 1.807) is 12.1 Å². The number of nitrogens with one attached hydrogen (secondary N) is 1. The third-order valence-corrected chi connectivity index (χ3v) is 4.91. The van der Waals surface area contributed by atoms with Gasteiger partial charge < -0.3 is 15.3 Å². The Morgan fingerprint density at radius 2 is 1.62 bits per heavy atom. The molecule has 3 rings (SSSR count). The minimum Gasteiger partial charge on any atom is -0.507 e. The molecule has 0 spiro atoms. The lowest BCUT2D eigenvalue weighted by atomic mass is 9.79. The number of aromatic nitrogens is 2. The lowest BCUT2D eigenvalue weighted by molar-refractivity contribution is 0.160. The van der Waals surface area contributed by atoms with E-state index in [0.29, 0.717) is 17.3 Å². The molecule has 2 heterocycles. The highest BCUT2D eigenvalue weighted by Crippen LogP contribution is 2.33. The van der Waals surface area contributed by atoms with E-state index in [2.05, 4.69) is 55.2 Å². The van der Waals surface area contributed by atoms with Crippen molar-refractivity contribution in [2.24, 2.45) is 0 Å². The Kier molecular flexibility index (Phi) is 5.83. The number of benzene rings is 1. The SMILES string of the molecule is CN(c1ccc(-c2ccccc2O)nn1)C1CC(C)(C)NC(C)(C)C1.Cl. The molecule has 1 aromatic carbocycles. The van der Waals surface area contributed by atoms with E-state index in [4.69, 9.17) is 0 Å². The number of para-hydroxylation sites is 1. The zero-order valence-electron chi connectivity index (χ0n) is 16.2. The summed E-state index contributed by atoms with van der Waals surface area (Å²) in [4.78, 5) is 2.23. The van der Waals surface area contributed by atoms with Crippen LogP contribution in [0.4, 0.5) is 5.82 Å². The highest BCUT2D eigenvalue weighted by molar-refractivity contribution is 5.85. The van der Waals surface area contributed by atoms with Crippen LogP contribution in [0.15, 0.2) is 36.4 Å². The van der Waals surface area contributed by atoms with Crippen molar-refractivity contribution in [3.63, 3.8) is 0 Å². The number of piperidine rings is 1. The summed E-state index contributed by atoms with van der Waals surface area (Å²) in [5.74, 6) is 1.08. The van der Waals surface area contributed by atoms with Crippen LogP contribution in [-0.2, 0) is 0 Å². The van der Waals surface area contributed by atoms with Crippen molar-refractivity contribution in [3.05, 3.63) is 36.4 Å². The van der Waals surface area contributed by atoms with Gasteiger partial charge in [-0.25, -0.2) is 0 Å². The maximum atomic E-state index is 9.98. The van der Waals surface area contributed by atoms with Crippen LogP contribution in [0.2, 0.25) is 0 Å². The van der Waals surface area contributed by atoms with Crippen LogP contribution in [0, 0.1) is 0 Å². The van der Waals surface area contributed by atoms with E-state index < -0.39 is 0 Å². The van der Waals surface area contributed by atoms with Crippen molar-refractivity contribution >= 4 is 18.2 Å². The summed E-state index contributed by atoms with van der Waals surface area (Å²) < 4.78 is 0. The molecular formula is C20H29ClN4O. The maximum absolute atomic E-state index is 9.98. The van der Waals surface area contributed by atoms with Gasteiger partial charge in [-0.2, -0.15) is 0 Å². The molecular weight excluding hydrogens is 348 g/mol. The molecule has 0 saturated carbocycles. The molecule has 0 atom stereocenters. The summed E-state index contributed by atoms with van der Waals surface area (Å²) in [6.45, 7) is 9.01. The van der Waals surface area contributed by atoms with Gasteiger partial charge in [0.05, 0.1) is 5.69 Å². The molecule has 0 aliphatic carbocycles. The number of aromatic hydroxyl groups is 1. The zero-order chi connectivity index (χ0) is 18.2. The van der Waals surface area contributed by atoms with E-state index >= 15 is 0 Å². The van der Waals surface area contributed by atoms with E-state index in [9.17, 15) is 5.11 Å². The third kappa shape index (κ3) is 4.46. The van der Waals surface area contributed by atoms with Gasteiger partial charge in [-0.15, -0.1) is 22.6 Å². The Hall–Kier alpha value is -1.85. The number of halogens is 1. The number of anilines is 1. The van der Waals surface area contributed by atoms with Gasteiger partial charge >= 0.3 is 0 Å². The molecule has 2 N–H and O–H groups in total. The largest absolute Gasteiger partial charge is 0.507 e. The Morgan fingerprint density at radius 3 is 2.15 bits per heavy atom. The normalized spacial score (nSPS) is 18.8. The number of phenolic OH excluding ortho intramolecular Hbond substituents is 1. The van der Waals surface area contributed by atoms with Crippen LogP contribution in [0.5, 0.6) is 5.75 Å². The molecule has 1 fully saturated rings.